The summed E-state index contributed by atoms with van der Waals surface area (Å²) in [7, 11) is 0. The van der Waals surface area contributed by atoms with Crippen molar-refractivity contribution < 1.29 is 9.52 Å². The molecule has 3 heteroatoms. The summed E-state index contributed by atoms with van der Waals surface area (Å²) in [6, 6.07) is 4.57. The molecular weight excluding hydrogens is 226 g/mol. The molecule has 1 aromatic rings. The van der Waals surface area contributed by atoms with Crippen molar-refractivity contribution in [1.82, 2.24) is 5.32 Å². The predicted molar refractivity (Wildman–Crippen MR) is 70.2 cm³/mol. The fourth-order valence-electron chi connectivity index (χ4n) is 2.70. The van der Waals surface area contributed by atoms with Gasteiger partial charge in [-0.2, -0.15) is 0 Å². The fraction of sp³-hybridized carbons (Fsp3) is 0.600. The van der Waals surface area contributed by atoms with E-state index in [-0.39, 0.29) is 6.61 Å². The molecule has 3 rings (SSSR count). The largest absolute Gasteiger partial charge is 0.464 e. The smallest absolute Gasteiger partial charge is 0.117 e. The number of aliphatic hydroxyl groups is 1. The first-order chi connectivity index (χ1) is 8.76. The molecule has 0 amide bonds. The van der Waals surface area contributed by atoms with Gasteiger partial charge in [-0.1, -0.05) is 19.1 Å². The summed E-state index contributed by atoms with van der Waals surface area (Å²) < 4.78 is 5.85. The van der Waals surface area contributed by atoms with Crippen molar-refractivity contribution in [3.8, 4) is 0 Å². The second-order valence-electron chi connectivity index (χ2n) is 5.67. The van der Waals surface area contributed by atoms with Crippen LogP contribution in [0.1, 0.15) is 37.2 Å². The van der Waals surface area contributed by atoms with E-state index in [1.54, 1.807) is 0 Å². The summed E-state index contributed by atoms with van der Waals surface area (Å²) in [5.41, 5.74) is 0. The van der Waals surface area contributed by atoms with Gasteiger partial charge in [0.1, 0.15) is 11.5 Å². The lowest BCUT2D eigenvalue weighted by Gasteiger charge is -2.11. The molecule has 0 aliphatic heterocycles. The molecule has 2 unspecified atom stereocenters. The molecule has 0 spiro atoms. The van der Waals surface area contributed by atoms with Gasteiger partial charge in [0.05, 0.1) is 6.54 Å². The highest BCUT2D eigenvalue weighted by Gasteiger charge is 2.36. The van der Waals surface area contributed by atoms with E-state index in [1.807, 2.05) is 0 Å². The molecule has 98 valence electrons. The molecule has 0 aromatic carbocycles. The van der Waals surface area contributed by atoms with E-state index in [2.05, 4.69) is 36.5 Å². The molecule has 2 aliphatic carbocycles. The number of aliphatic hydroxyl groups excluding tert-OH is 1. The molecule has 0 saturated heterocycles. The Morgan fingerprint density at radius 3 is 2.83 bits per heavy atom. The molecular formula is C15H21NO2. The van der Waals surface area contributed by atoms with Gasteiger partial charge < -0.3 is 14.8 Å². The first kappa shape index (κ1) is 12.0. The van der Waals surface area contributed by atoms with Crippen LogP contribution in [0.2, 0.25) is 0 Å². The minimum atomic E-state index is 0.249. The van der Waals surface area contributed by atoms with Gasteiger partial charge in [-0.3, -0.25) is 0 Å². The maximum absolute atomic E-state index is 9.07. The molecule has 1 fully saturated rings. The minimum Gasteiger partial charge on any atom is -0.464 e. The Labute approximate surface area is 108 Å². The van der Waals surface area contributed by atoms with Crippen molar-refractivity contribution in [2.24, 2.45) is 11.8 Å². The number of nitrogens with one attached hydrogen (secondary N) is 1. The second-order valence-corrected chi connectivity index (χ2v) is 5.67. The summed E-state index contributed by atoms with van der Waals surface area (Å²) in [4.78, 5) is 0. The van der Waals surface area contributed by atoms with Gasteiger partial charge in [0, 0.05) is 24.5 Å². The van der Waals surface area contributed by atoms with Crippen LogP contribution in [0.25, 0.3) is 0 Å². The maximum atomic E-state index is 9.07. The van der Waals surface area contributed by atoms with Crippen molar-refractivity contribution in [3.63, 3.8) is 0 Å². The van der Waals surface area contributed by atoms with Crippen LogP contribution in [0.15, 0.2) is 28.7 Å². The Bertz CT molecular complexity index is 437. The van der Waals surface area contributed by atoms with E-state index >= 15 is 0 Å². The Hall–Kier alpha value is -1.06. The quantitative estimate of drug-likeness (QED) is 0.785. The van der Waals surface area contributed by atoms with Crippen molar-refractivity contribution >= 4 is 0 Å². The number of hydrogen-bond donors (Lipinski definition) is 2. The Balaban J connectivity index is 1.49. The maximum Gasteiger partial charge on any atom is 0.117 e. The van der Waals surface area contributed by atoms with Gasteiger partial charge in [0.15, 0.2) is 0 Å². The van der Waals surface area contributed by atoms with E-state index in [1.165, 1.54) is 6.42 Å². The third-order valence-electron chi connectivity index (χ3n) is 4.10. The van der Waals surface area contributed by atoms with Gasteiger partial charge in [0.25, 0.3) is 0 Å². The lowest BCUT2D eigenvalue weighted by molar-refractivity contribution is 0.246. The first-order valence-electron chi connectivity index (χ1n) is 6.87. The highest BCUT2D eigenvalue weighted by atomic mass is 16.3. The normalized spacial score (nSPS) is 34.1. The molecule has 1 heterocycles. The van der Waals surface area contributed by atoms with Crippen molar-refractivity contribution in [1.29, 1.82) is 0 Å². The zero-order chi connectivity index (χ0) is 12.5. The molecule has 4 atom stereocenters. The average molecular weight is 247 g/mol. The zero-order valence-corrected chi connectivity index (χ0v) is 10.8. The Morgan fingerprint density at radius 1 is 1.33 bits per heavy atom. The van der Waals surface area contributed by atoms with Crippen LogP contribution in [0.4, 0.5) is 0 Å². The number of hydrogen-bond acceptors (Lipinski definition) is 3. The fourth-order valence-corrected chi connectivity index (χ4v) is 2.70. The molecule has 1 saturated carbocycles. The molecule has 0 bridgehead atoms. The third kappa shape index (κ3) is 2.52. The monoisotopic (exact) mass is 247 g/mol. The van der Waals surface area contributed by atoms with E-state index in [9.17, 15) is 0 Å². The third-order valence-corrected chi connectivity index (χ3v) is 4.10. The molecule has 3 nitrogen and oxygen atoms in total. The molecule has 18 heavy (non-hydrogen) atoms. The topological polar surface area (TPSA) is 45.4 Å². The van der Waals surface area contributed by atoms with Gasteiger partial charge in [-0.15, -0.1) is 0 Å². The van der Waals surface area contributed by atoms with E-state index in [0.29, 0.717) is 17.9 Å². The minimum absolute atomic E-state index is 0.249. The first-order valence-corrected chi connectivity index (χ1v) is 6.87. The Kier molecular flexibility index (Phi) is 3.27. The highest BCUT2D eigenvalue weighted by Crippen LogP contribution is 2.47. The SMILES string of the molecule is CC1CC1c1ccc(CN[C@@H]2C=C[C@H](CO)C2)o1. The second kappa shape index (κ2) is 4.90. The van der Waals surface area contributed by atoms with E-state index in [4.69, 9.17) is 9.52 Å². The van der Waals surface area contributed by atoms with Crippen LogP contribution in [-0.4, -0.2) is 17.8 Å². The molecule has 1 aromatic heterocycles. The average Bonchev–Trinajstić information content (AvgIpc) is 2.86. The zero-order valence-electron chi connectivity index (χ0n) is 10.8. The molecule has 2 aliphatic rings. The molecule has 0 radical (unpaired) electrons. The Morgan fingerprint density at radius 2 is 2.17 bits per heavy atom. The highest BCUT2D eigenvalue weighted by molar-refractivity contribution is 5.18. The molecule has 2 N–H and O–H groups in total. The van der Waals surface area contributed by atoms with E-state index < -0.39 is 0 Å². The summed E-state index contributed by atoms with van der Waals surface area (Å²) >= 11 is 0. The lowest BCUT2D eigenvalue weighted by Crippen LogP contribution is -2.25. The van der Waals surface area contributed by atoms with Gasteiger partial charge in [0.2, 0.25) is 0 Å². The summed E-state index contributed by atoms with van der Waals surface area (Å²) in [5.74, 6) is 3.94. The van der Waals surface area contributed by atoms with Crippen LogP contribution in [0.3, 0.4) is 0 Å². The van der Waals surface area contributed by atoms with Gasteiger partial charge in [-0.05, 0) is 30.9 Å². The number of rotatable bonds is 5. The van der Waals surface area contributed by atoms with Crippen LogP contribution < -0.4 is 5.32 Å². The van der Waals surface area contributed by atoms with Crippen molar-refractivity contribution in [2.75, 3.05) is 6.61 Å². The van der Waals surface area contributed by atoms with Crippen LogP contribution in [-0.2, 0) is 6.54 Å². The van der Waals surface area contributed by atoms with Crippen molar-refractivity contribution in [2.45, 2.75) is 38.3 Å². The van der Waals surface area contributed by atoms with Crippen molar-refractivity contribution in [3.05, 3.63) is 35.8 Å². The van der Waals surface area contributed by atoms with E-state index in [0.717, 1.165) is 30.4 Å². The summed E-state index contributed by atoms with van der Waals surface area (Å²) in [5, 5.41) is 12.5. The van der Waals surface area contributed by atoms with Crippen LogP contribution in [0.5, 0.6) is 0 Å². The predicted octanol–water partition coefficient (Wildman–Crippen LogP) is 2.43. The summed E-state index contributed by atoms with van der Waals surface area (Å²) in [6.07, 6.45) is 6.50. The van der Waals surface area contributed by atoms with Crippen LogP contribution in [0, 0.1) is 11.8 Å². The van der Waals surface area contributed by atoms with Crippen LogP contribution >= 0.6 is 0 Å². The lowest BCUT2D eigenvalue weighted by atomic mass is 10.1. The number of furan rings is 1. The summed E-state index contributed by atoms with van der Waals surface area (Å²) in [6.45, 7) is 3.29. The van der Waals surface area contributed by atoms with Gasteiger partial charge in [-0.25, -0.2) is 0 Å². The van der Waals surface area contributed by atoms with Gasteiger partial charge >= 0.3 is 0 Å². The standard InChI is InChI=1S/C15H21NO2/c1-10-6-14(10)15-5-4-13(18-15)8-16-12-3-2-11(7-12)9-17/h2-5,10-12,14,16-17H,6-9H2,1H3/t10?,11-,12+,14?/m0/s1.